The molecule has 4 atom stereocenters. The van der Waals surface area contributed by atoms with Crippen LogP contribution in [0, 0.1) is 0 Å². The minimum atomic E-state index is 0.161. The zero-order valence-electron chi connectivity index (χ0n) is 11.3. The van der Waals surface area contributed by atoms with Crippen molar-refractivity contribution in [2.45, 2.75) is 44.6 Å². The van der Waals surface area contributed by atoms with Crippen molar-refractivity contribution in [3.63, 3.8) is 0 Å². The van der Waals surface area contributed by atoms with Crippen molar-refractivity contribution >= 4 is 0 Å². The number of nitrogens with one attached hydrogen (secondary N) is 1. The van der Waals surface area contributed by atoms with E-state index in [1.165, 1.54) is 5.56 Å². The molecule has 0 saturated heterocycles. The van der Waals surface area contributed by atoms with Crippen LogP contribution in [0.4, 0.5) is 0 Å². The van der Waals surface area contributed by atoms with Gasteiger partial charge in [-0.3, -0.25) is 4.98 Å². The molecule has 2 rings (SSSR count). The topological polar surface area (TPSA) is 43.4 Å². The van der Waals surface area contributed by atoms with E-state index in [1.54, 1.807) is 7.11 Å². The summed E-state index contributed by atoms with van der Waals surface area (Å²) in [6, 6.07) is 4.75. The molecule has 1 aromatic rings. The summed E-state index contributed by atoms with van der Waals surface area (Å²) in [7, 11) is 1.75. The molecule has 3 unspecified atom stereocenters. The maximum Gasteiger partial charge on any atom is 0.0987 e. The van der Waals surface area contributed by atoms with Crippen LogP contribution in [-0.4, -0.2) is 37.0 Å². The second-order valence-electron chi connectivity index (χ2n) is 4.71. The largest absolute Gasteiger partial charge is 0.377 e. The molecule has 0 radical (unpaired) electrons. The predicted octanol–water partition coefficient (Wildman–Crippen LogP) is 1.92. The molecule has 1 aliphatic rings. The first-order valence-corrected chi connectivity index (χ1v) is 6.56. The van der Waals surface area contributed by atoms with Crippen molar-refractivity contribution in [3.8, 4) is 0 Å². The predicted molar refractivity (Wildman–Crippen MR) is 70.4 cm³/mol. The molecule has 4 nitrogen and oxygen atoms in total. The zero-order valence-corrected chi connectivity index (χ0v) is 11.3. The van der Waals surface area contributed by atoms with E-state index in [9.17, 15) is 0 Å². The molecule has 1 heterocycles. The van der Waals surface area contributed by atoms with Crippen molar-refractivity contribution in [1.82, 2.24) is 10.3 Å². The summed E-state index contributed by atoms with van der Waals surface area (Å²) in [5, 5.41) is 3.59. The van der Waals surface area contributed by atoms with Crippen LogP contribution in [0.25, 0.3) is 0 Å². The summed E-state index contributed by atoms with van der Waals surface area (Å²) in [6.45, 7) is 4.93. The van der Waals surface area contributed by atoms with Crippen LogP contribution in [0.1, 0.15) is 31.9 Å². The Balaban J connectivity index is 1.87. The normalized spacial score (nSPS) is 28.7. The van der Waals surface area contributed by atoms with Crippen molar-refractivity contribution in [1.29, 1.82) is 0 Å². The van der Waals surface area contributed by atoms with E-state index < -0.39 is 0 Å². The molecule has 1 N–H and O–H groups in total. The average Bonchev–Trinajstić information content (AvgIpc) is 2.38. The summed E-state index contributed by atoms with van der Waals surface area (Å²) in [5.41, 5.74) is 1.25. The van der Waals surface area contributed by atoms with Gasteiger partial charge in [-0.2, -0.15) is 0 Å². The fourth-order valence-corrected chi connectivity index (χ4v) is 2.51. The lowest BCUT2D eigenvalue weighted by molar-refractivity contribution is -0.133. The summed E-state index contributed by atoms with van der Waals surface area (Å²) in [4.78, 5) is 4.04. The molecule has 0 aliphatic heterocycles. The quantitative estimate of drug-likeness (QED) is 0.837. The number of aromatic nitrogens is 1. The van der Waals surface area contributed by atoms with E-state index in [0.29, 0.717) is 12.1 Å². The Morgan fingerprint density at radius 1 is 1.44 bits per heavy atom. The number of methoxy groups -OCH3 is 1. The van der Waals surface area contributed by atoms with Gasteiger partial charge in [0.15, 0.2) is 0 Å². The van der Waals surface area contributed by atoms with Gasteiger partial charge in [0, 0.05) is 38.2 Å². The molecule has 1 fully saturated rings. The van der Waals surface area contributed by atoms with Crippen molar-refractivity contribution in [3.05, 3.63) is 30.1 Å². The molecule has 100 valence electrons. The highest BCUT2D eigenvalue weighted by atomic mass is 16.5. The van der Waals surface area contributed by atoms with Crippen molar-refractivity contribution < 1.29 is 9.47 Å². The molecule has 1 aliphatic carbocycles. The Bertz CT molecular complexity index is 358. The number of hydrogen-bond acceptors (Lipinski definition) is 4. The van der Waals surface area contributed by atoms with Crippen LogP contribution in [-0.2, 0) is 9.47 Å². The van der Waals surface area contributed by atoms with Gasteiger partial charge in [0.05, 0.1) is 12.2 Å². The zero-order chi connectivity index (χ0) is 13.0. The highest BCUT2D eigenvalue weighted by molar-refractivity contribution is 5.15. The van der Waals surface area contributed by atoms with Crippen LogP contribution >= 0.6 is 0 Å². The number of pyridine rings is 1. The first-order valence-electron chi connectivity index (χ1n) is 6.56. The van der Waals surface area contributed by atoms with E-state index in [4.69, 9.17) is 9.47 Å². The minimum Gasteiger partial charge on any atom is -0.377 e. The summed E-state index contributed by atoms with van der Waals surface area (Å²) in [5.74, 6) is 0. The fraction of sp³-hybridized carbons (Fsp3) is 0.643. The Hall–Kier alpha value is -0.970. The summed E-state index contributed by atoms with van der Waals surface area (Å²) in [6.07, 6.45) is 5.06. The molecule has 4 heteroatoms. The second-order valence-corrected chi connectivity index (χ2v) is 4.71. The lowest BCUT2D eigenvalue weighted by atomic mass is 9.84. The van der Waals surface area contributed by atoms with E-state index >= 15 is 0 Å². The van der Waals surface area contributed by atoms with Crippen LogP contribution < -0.4 is 5.32 Å². The smallest absolute Gasteiger partial charge is 0.0987 e. The molecule has 0 spiro atoms. The second kappa shape index (κ2) is 6.27. The first kappa shape index (κ1) is 13.5. The van der Waals surface area contributed by atoms with Crippen LogP contribution in [0.5, 0.6) is 0 Å². The molecule has 0 aromatic carbocycles. The van der Waals surface area contributed by atoms with Gasteiger partial charge in [-0.25, -0.2) is 0 Å². The van der Waals surface area contributed by atoms with Gasteiger partial charge < -0.3 is 14.8 Å². The summed E-state index contributed by atoms with van der Waals surface area (Å²) < 4.78 is 11.1. The number of ether oxygens (including phenoxy) is 2. The number of rotatable bonds is 6. The average molecular weight is 250 g/mol. The number of nitrogens with zero attached hydrogens (tertiary/aromatic N) is 1. The third kappa shape index (κ3) is 2.88. The molecule has 1 saturated carbocycles. The lowest BCUT2D eigenvalue weighted by Gasteiger charge is -2.44. The van der Waals surface area contributed by atoms with Gasteiger partial charge >= 0.3 is 0 Å². The Morgan fingerprint density at radius 3 is 2.78 bits per heavy atom. The lowest BCUT2D eigenvalue weighted by Crippen LogP contribution is -2.60. The minimum absolute atomic E-state index is 0.161. The highest BCUT2D eigenvalue weighted by Gasteiger charge is 2.42. The van der Waals surface area contributed by atoms with Gasteiger partial charge in [-0.1, -0.05) is 0 Å². The Labute approximate surface area is 109 Å². The van der Waals surface area contributed by atoms with E-state index in [0.717, 1.165) is 13.0 Å². The van der Waals surface area contributed by atoms with Gasteiger partial charge in [-0.15, -0.1) is 0 Å². The van der Waals surface area contributed by atoms with Crippen molar-refractivity contribution in [2.24, 2.45) is 0 Å². The third-order valence-electron chi connectivity index (χ3n) is 3.57. The van der Waals surface area contributed by atoms with E-state index in [-0.39, 0.29) is 12.2 Å². The molecule has 0 amide bonds. The number of hydrogen-bond donors (Lipinski definition) is 1. The highest BCUT2D eigenvalue weighted by Crippen LogP contribution is 2.29. The van der Waals surface area contributed by atoms with Gasteiger partial charge in [-0.05, 0) is 38.0 Å². The van der Waals surface area contributed by atoms with E-state index in [2.05, 4.69) is 17.2 Å². The van der Waals surface area contributed by atoms with Crippen LogP contribution in [0.15, 0.2) is 24.5 Å². The molecule has 0 bridgehead atoms. The maximum absolute atomic E-state index is 5.62. The molecule has 1 aromatic heterocycles. The standard InChI is InChI=1S/C14H22N2O2/c1-4-18-13-9-12(14(13)17-3)16-10(2)11-5-7-15-8-6-11/h5-8,10,12-14,16H,4,9H2,1-3H3/t10-,12?,13?,14?/m0/s1. The Morgan fingerprint density at radius 2 is 2.17 bits per heavy atom. The van der Waals surface area contributed by atoms with Gasteiger partial charge in [0.1, 0.15) is 0 Å². The summed E-state index contributed by atoms with van der Waals surface area (Å²) >= 11 is 0. The fourth-order valence-electron chi connectivity index (χ4n) is 2.51. The monoisotopic (exact) mass is 250 g/mol. The van der Waals surface area contributed by atoms with Gasteiger partial charge in [0.25, 0.3) is 0 Å². The molecular weight excluding hydrogens is 228 g/mol. The third-order valence-corrected chi connectivity index (χ3v) is 3.57. The van der Waals surface area contributed by atoms with Crippen LogP contribution in [0.3, 0.4) is 0 Å². The first-order chi connectivity index (χ1) is 8.76. The van der Waals surface area contributed by atoms with Crippen molar-refractivity contribution in [2.75, 3.05) is 13.7 Å². The van der Waals surface area contributed by atoms with E-state index in [1.807, 2.05) is 31.5 Å². The van der Waals surface area contributed by atoms with Crippen LogP contribution in [0.2, 0.25) is 0 Å². The molecule has 18 heavy (non-hydrogen) atoms. The maximum atomic E-state index is 5.62. The Kier molecular flexibility index (Phi) is 4.69. The van der Waals surface area contributed by atoms with Gasteiger partial charge in [0.2, 0.25) is 0 Å². The SMILES string of the molecule is CCOC1CC(N[C@@H](C)c2ccncc2)C1OC. The molecular formula is C14H22N2O2.